The third-order valence-electron chi connectivity index (χ3n) is 1.65. The van der Waals surface area contributed by atoms with E-state index in [-0.39, 0.29) is 0 Å². The Kier molecular flexibility index (Phi) is 4.16. The third kappa shape index (κ3) is 3.31. The summed E-state index contributed by atoms with van der Waals surface area (Å²) in [5, 5.41) is 0. The maximum atomic E-state index is 11.2. The molecule has 0 saturated heterocycles. The van der Waals surface area contributed by atoms with Crippen molar-refractivity contribution >= 4 is 5.97 Å². The number of carbonyl (C=O) groups excluding carboxylic acids is 1. The van der Waals surface area contributed by atoms with E-state index in [4.69, 9.17) is 9.47 Å². The molecule has 1 aromatic rings. The Balaban J connectivity index is 2.75. The van der Waals surface area contributed by atoms with Gasteiger partial charge in [0.1, 0.15) is 0 Å². The molecule has 0 N–H and O–H groups in total. The molecule has 0 aromatic heterocycles. The fraction of sp³-hybridized carbons (Fsp3) is 0.0833. The number of rotatable bonds is 4. The highest BCUT2D eigenvalue weighted by Crippen LogP contribution is 2.25. The first-order valence-corrected chi connectivity index (χ1v) is 4.42. The average molecular weight is 204 g/mol. The molecule has 0 aliphatic heterocycles. The standard InChI is InChI=1S/C12H12O3/c1-3-4-9-12(13)15-11-8-6-5-7-10(11)14-2/h3-9H,1H2,2H3. The number of methoxy groups -OCH3 is 1. The van der Waals surface area contributed by atoms with E-state index in [1.807, 2.05) is 0 Å². The molecule has 0 unspecified atom stereocenters. The van der Waals surface area contributed by atoms with Gasteiger partial charge >= 0.3 is 5.97 Å². The molecule has 3 heteroatoms. The van der Waals surface area contributed by atoms with E-state index in [0.717, 1.165) is 0 Å². The van der Waals surface area contributed by atoms with Crippen LogP contribution in [0.2, 0.25) is 0 Å². The molecule has 1 aromatic carbocycles. The summed E-state index contributed by atoms with van der Waals surface area (Å²) in [6.45, 7) is 3.45. The van der Waals surface area contributed by atoms with E-state index >= 15 is 0 Å². The number of hydrogen-bond acceptors (Lipinski definition) is 3. The Labute approximate surface area is 88.6 Å². The predicted octanol–water partition coefficient (Wildman–Crippen LogP) is 2.34. The first-order chi connectivity index (χ1) is 7.27. The second-order valence-corrected chi connectivity index (χ2v) is 2.67. The van der Waals surface area contributed by atoms with Gasteiger partial charge < -0.3 is 9.47 Å². The Hall–Kier alpha value is -2.03. The summed E-state index contributed by atoms with van der Waals surface area (Å²) in [6.07, 6.45) is 4.31. The molecule has 0 saturated carbocycles. The highest BCUT2D eigenvalue weighted by molar-refractivity contribution is 5.84. The predicted molar refractivity (Wildman–Crippen MR) is 58.0 cm³/mol. The van der Waals surface area contributed by atoms with Crippen LogP contribution in [0.15, 0.2) is 49.1 Å². The minimum absolute atomic E-state index is 0.402. The Morgan fingerprint density at radius 1 is 1.33 bits per heavy atom. The summed E-state index contributed by atoms with van der Waals surface area (Å²) in [5.41, 5.74) is 0. The fourth-order valence-electron chi connectivity index (χ4n) is 0.992. The molecule has 1 rings (SSSR count). The van der Waals surface area contributed by atoms with Crippen molar-refractivity contribution in [2.24, 2.45) is 0 Å². The van der Waals surface area contributed by atoms with Crippen LogP contribution in [0.5, 0.6) is 11.5 Å². The van der Waals surface area contributed by atoms with Gasteiger partial charge in [-0.1, -0.05) is 30.9 Å². The number of esters is 1. The van der Waals surface area contributed by atoms with Crippen LogP contribution >= 0.6 is 0 Å². The van der Waals surface area contributed by atoms with Crippen molar-refractivity contribution < 1.29 is 14.3 Å². The van der Waals surface area contributed by atoms with Crippen LogP contribution < -0.4 is 9.47 Å². The molecule has 0 amide bonds. The van der Waals surface area contributed by atoms with E-state index in [1.165, 1.54) is 25.3 Å². The molecule has 0 spiro atoms. The lowest BCUT2D eigenvalue weighted by Gasteiger charge is -2.06. The van der Waals surface area contributed by atoms with Gasteiger partial charge in [0.25, 0.3) is 0 Å². The average Bonchev–Trinajstić information content (AvgIpc) is 2.27. The van der Waals surface area contributed by atoms with Gasteiger partial charge in [-0.3, -0.25) is 0 Å². The molecular formula is C12H12O3. The molecule has 0 heterocycles. The highest BCUT2D eigenvalue weighted by Gasteiger charge is 2.05. The molecule has 3 nitrogen and oxygen atoms in total. The summed E-state index contributed by atoms with van der Waals surface area (Å²) < 4.78 is 10.1. The normalized spacial score (nSPS) is 9.93. The van der Waals surface area contributed by atoms with Crippen LogP contribution in [0, 0.1) is 0 Å². The summed E-state index contributed by atoms with van der Waals surface area (Å²) >= 11 is 0. The first kappa shape index (κ1) is 11.0. The zero-order chi connectivity index (χ0) is 11.1. The van der Waals surface area contributed by atoms with Gasteiger partial charge in [0.05, 0.1) is 7.11 Å². The van der Waals surface area contributed by atoms with Crippen LogP contribution in [0.1, 0.15) is 0 Å². The van der Waals surface area contributed by atoms with Crippen LogP contribution in [0.4, 0.5) is 0 Å². The van der Waals surface area contributed by atoms with Crippen molar-refractivity contribution in [2.45, 2.75) is 0 Å². The Morgan fingerprint density at radius 2 is 2.00 bits per heavy atom. The van der Waals surface area contributed by atoms with Crippen LogP contribution in [0.25, 0.3) is 0 Å². The zero-order valence-corrected chi connectivity index (χ0v) is 8.47. The Bertz CT molecular complexity index is 380. The Morgan fingerprint density at radius 3 is 2.60 bits per heavy atom. The first-order valence-electron chi connectivity index (χ1n) is 4.42. The number of para-hydroxylation sites is 2. The summed E-state index contributed by atoms with van der Waals surface area (Å²) in [7, 11) is 1.52. The van der Waals surface area contributed by atoms with Crippen molar-refractivity contribution in [2.75, 3.05) is 7.11 Å². The molecule has 78 valence electrons. The maximum Gasteiger partial charge on any atom is 0.336 e. The number of carbonyl (C=O) groups is 1. The van der Waals surface area contributed by atoms with Crippen molar-refractivity contribution in [1.82, 2.24) is 0 Å². The maximum absolute atomic E-state index is 11.2. The van der Waals surface area contributed by atoms with Crippen molar-refractivity contribution in [3.63, 3.8) is 0 Å². The zero-order valence-electron chi connectivity index (χ0n) is 8.47. The molecule has 0 aliphatic carbocycles. The second kappa shape index (κ2) is 5.65. The minimum atomic E-state index is -0.459. The quantitative estimate of drug-likeness (QED) is 0.327. The van der Waals surface area contributed by atoms with Gasteiger partial charge in [0.2, 0.25) is 0 Å². The number of benzene rings is 1. The smallest absolute Gasteiger partial charge is 0.336 e. The monoisotopic (exact) mass is 204 g/mol. The van der Waals surface area contributed by atoms with E-state index < -0.39 is 5.97 Å². The number of hydrogen-bond donors (Lipinski definition) is 0. The van der Waals surface area contributed by atoms with Crippen LogP contribution in [-0.4, -0.2) is 13.1 Å². The SMILES string of the molecule is C=CC=CC(=O)Oc1ccccc1OC. The molecule has 0 fully saturated rings. The minimum Gasteiger partial charge on any atom is -0.493 e. The van der Waals surface area contributed by atoms with Crippen molar-refractivity contribution in [1.29, 1.82) is 0 Å². The lowest BCUT2D eigenvalue weighted by atomic mass is 10.3. The topological polar surface area (TPSA) is 35.5 Å². The highest BCUT2D eigenvalue weighted by atomic mass is 16.6. The van der Waals surface area contributed by atoms with Crippen molar-refractivity contribution in [3.05, 3.63) is 49.1 Å². The molecule has 0 aliphatic rings. The van der Waals surface area contributed by atoms with E-state index in [9.17, 15) is 4.79 Å². The van der Waals surface area contributed by atoms with E-state index in [1.54, 1.807) is 24.3 Å². The van der Waals surface area contributed by atoms with E-state index in [0.29, 0.717) is 11.5 Å². The summed E-state index contributed by atoms with van der Waals surface area (Å²) in [5.74, 6) is 0.468. The lowest BCUT2D eigenvalue weighted by molar-refractivity contribution is -0.129. The molecule has 0 bridgehead atoms. The largest absolute Gasteiger partial charge is 0.493 e. The van der Waals surface area contributed by atoms with Gasteiger partial charge in [-0.05, 0) is 12.1 Å². The molecule has 0 atom stereocenters. The summed E-state index contributed by atoms with van der Waals surface area (Å²) in [6, 6.07) is 6.95. The van der Waals surface area contributed by atoms with Gasteiger partial charge in [-0.2, -0.15) is 0 Å². The van der Waals surface area contributed by atoms with E-state index in [2.05, 4.69) is 6.58 Å². The van der Waals surface area contributed by atoms with Gasteiger partial charge in [0.15, 0.2) is 11.5 Å². The van der Waals surface area contributed by atoms with Crippen LogP contribution in [-0.2, 0) is 4.79 Å². The van der Waals surface area contributed by atoms with Gasteiger partial charge in [-0.15, -0.1) is 0 Å². The van der Waals surface area contributed by atoms with Crippen molar-refractivity contribution in [3.8, 4) is 11.5 Å². The lowest BCUT2D eigenvalue weighted by Crippen LogP contribution is -2.04. The number of allylic oxidation sites excluding steroid dienone is 2. The van der Waals surface area contributed by atoms with Gasteiger partial charge in [0, 0.05) is 6.08 Å². The second-order valence-electron chi connectivity index (χ2n) is 2.67. The third-order valence-corrected chi connectivity index (χ3v) is 1.65. The molecule has 15 heavy (non-hydrogen) atoms. The van der Waals surface area contributed by atoms with Gasteiger partial charge in [-0.25, -0.2) is 4.79 Å². The molecule has 0 radical (unpaired) electrons. The fourth-order valence-corrected chi connectivity index (χ4v) is 0.992. The summed E-state index contributed by atoms with van der Waals surface area (Å²) in [4.78, 5) is 11.2. The molecular weight excluding hydrogens is 192 g/mol. The van der Waals surface area contributed by atoms with Crippen LogP contribution in [0.3, 0.4) is 0 Å². The number of ether oxygens (including phenoxy) is 2.